The SMILES string of the molecule is O=C(O)C(CCCl)N(CP(=S)(Cc1ccccc1)Cc1ccccc1)C(=O)OCc1ccccc1. The van der Waals surface area contributed by atoms with Crippen molar-refractivity contribution in [1.29, 1.82) is 0 Å². The van der Waals surface area contributed by atoms with Gasteiger partial charge >= 0.3 is 12.1 Å². The number of aliphatic carboxylic acids is 1. The molecule has 5 nitrogen and oxygen atoms in total. The third kappa shape index (κ3) is 8.50. The van der Waals surface area contributed by atoms with Crippen molar-refractivity contribution in [1.82, 2.24) is 4.90 Å². The predicted molar refractivity (Wildman–Crippen MR) is 145 cm³/mol. The van der Waals surface area contributed by atoms with E-state index in [4.69, 9.17) is 28.1 Å². The maximum atomic E-state index is 13.3. The second-order valence-electron chi connectivity index (χ2n) is 8.33. The number of halogens is 1. The summed E-state index contributed by atoms with van der Waals surface area (Å²) in [6.45, 7) is 0.0453. The topological polar surface area (TPSA) is 66.8 Å². The third-order valence-electron chi connectivity index (χ3n) is 5.52. The number of carbonyl (C=O) groups is 2. The second kappa shape index (κ2) is 13.4. The van der Waals surface area contributed by atoms with E-state index in [1.807, 2.05) is 91.0 Å². The standard InChI is InChI=1S/C27H29ClNO4PS/c28-17-16-25(26(30)31)29(27(32)33-18-22-10-4-1-5-11-22)21-34(35,19-23-12-6-2-7-13-23)20-24-14-8-3-9-15-24/h1-15,25H,16-21H2,(H,30,31). The highest BCUT2D eigenvalue weighted by Crippen LogP contribution is 2.53. The van der Waals surface area contributed by atoms with Crippen molar-refractivity contribution in [3.05, 3.63) is 108 Å². The summed E-state index contributed by atoms with van der Waals surface area (Å²) in [4.78, 5) is 26.8. The van der Waals surface area contributed by atoms with Crippen LogP contribution in [0.25, 0.3) is 0 Å². The number of amides is 1. The van der Waals surface area contributed by atoms with Gasteiger partial charge in [-0.3, -0.25) is 4.90 Å². The Hall–Kier alpha value is -2.66. The van der Waals surface area contributed by atoms with Crippen molar-refractivity contribution in [2.45, 2.75) is 31.4 Å². The van der Waals surface area contributed by atoms with E-state index in [9.17, 15) is 14.7 Å². The number of carbonyl (C=O) groups excluding carboxylic acids is 1. The summed E-state index contributed by atoms with van der Waals surface area (Å²) in [6, 6.07) is 25.6. The molecule has 0 aliphatic rings. The van der Waals surface area contributed by atoms with E-state index in [0.717, 1.165) is 16.7 Å². The van der Waals surface area contributed by atoms with Crippen molar-refractivity contribution in [2.75, 3.05) is 12.2 Å². The molecule has 0 radical (unpaired) electrons. The van der Waals surface area contributed by atoms with E-state index in [1.54, 1.807) is 0 Å². The smallest absolute Gasteiger partial charge is 0.411 e. The van der Waals surface area contributed by atoms with Crippen LogP contribution in [-0.4, -0.2) is 40.3 Å². The molecule has 1 amide bonds. The van der Waals surface area contributed by atoms with Crippen LogP contribution in [0.15, 0.2) is 91.0 Å². The largest absolute Gasteiger partial charge is 0.480 e. The molecule has 184 valence electrons. The molecule has 0 aliphatic carbocycles. The van der Waals surface area contributed by atoms with E-state index < -0.39 is 24.1 Å². The molecule has 1 unspecified atom stereocenters. The number of hydrogen-bond donors (Lipinski definition) is 1. The lowest BCUT2D eigenvalue weighted by Gasteiger charge is -2.34. The summed E-state index contributed by atoms with van der Waals surface area (Å²) in [5.41, 5.74) is 2.94. The normalized spacial score (nSPS) is 12.0. The molecule has 0 fully saturated rings. The fourth-order valence-corrected chi connectivity index (χ4v) is 8.27. The quantitative estimate of drug-likeness (QED) is 0.213. The highest BCUT2D eigenvalue weighted by Gasteiger charge is 2.35. The minimum absolute atomic E-state index is 0.0453. The number of ether oxygens (including phenoxy) is 1. The molecule has 0 aromatic heterocycles. The molecule has 0 saturated heterocycles. The summed E-state index contributed by atoms with van der Waals surface area (Å²) < 4.78 is 5.57. The average Bonchev–Trinajstić information content (AvgIpc) is 2.86. The Labute approximate surface area is 216 Å². The van der Waals surface area contributed by atoms with E-state index in [0.29, 0.717) is 12.3 Å². The van der Waals surface area contributed by atoms with Crippen molar-refractivity contribution >= 4 is 41.5 Å². The molecule has 3 rings (SSSR count). The molecule has 1 atom stereocenters. The fourth-order valence-electron chi connectivity index (χ4n) is 3.87. The Morgan fingerprint density at radius 2 is 1.31 bits per heavy atom. The van der Waals surface area contributed by atoms with Gasteiger partial charge in [0, 0.05) is 18.2 Å². The summed E-state index contributed by atoms with van der Waals surface area (Å²) in [6.07, 6.45) is 0.722. The maximum absolute atomic E-state index is 13.3. The fraction of sp³-hybridized carbons (Fsp3) is 0.259. The average molecular weight is 530 g/mol. The van der Waals surface area contributed by atoms with Crippen LogP contribution in [0.4, 0.5) is 4.79 Å². The van der Waals surface area contributed by atoms with Crippen LogP contribution < -0.4 is 0 Å². The van der Waals surface area contributed by atoms with Gasteiger partial charge in [-0.15, -0.1) is 11.6 Å². The van der Waals surface area contributed by atoms with Crippen LogP contribution in [0, 0.1) is 0 Å². The minimum atomic E-state index is -2.33. The van der Waals surface area contributed by atoms with Gasteiger partial charge in [0.25, 0.3) is 0 Å². The zero-order chi connectivity index (χ0) is 25.1. The van der Waals surface area contributed by atoms with E-state index >= 15 is 0 Å². The first-order valence-electron chi connectivity index (χ1n) is 11.3. The lowest BCUT2D eigenvalue weighted by atomic mass is 10.2. The van der Waals surface area contributed by atoms with Crippen LogP contribution >= 0.6 is 17.6 Å². The van der Waals surface area contributed by atoms with Gasteiger partial charge in [0.2, 0.25) is 0 Å². The molecule has 0 bridgehead atoms. The van der Waals surface area contributed by atoms with Gasteiger partial charge in [0.05, 0.1) is 6.29 Å². The number of carboxylic acids is 1. The van der Waals surface area contributed by atoms with Gasteiger partial charge in [-0.05, 0) is 29.1 Å². The second-order valence-corrected chi connectivity index (χ2v) is 14.1. The summed E-state index contributed by atoms with van der Waals surface area (Å²) in [7, 11) is 0. The maximum Gasteiger partial charge on any atom is 0.411 e. The van der Waals surface area contributed by atoms with E-state index in [-0.39, 0.29) is 25.2 Å². The molecule has 3 aromatic carbocycles. The number of alkyl halides is 1. The Morgan fingerprint density at radius 1 is 0.857 bits per heavy atom. The lowest BCUT2D eigenvalue weighted by molar-refractivity contribution is -0.142. The zero-order valence-electron chi connectivity index (χ0n) is 19.3. The molecule has 0 saturated carbocycles. The number of benzene rings is 3. The van der Waals surface area contributed by atoms with Gasteiger partial charge in [-0.1, -0.05) is 103 Å². The number of carboxylic acid groups (broad SMARTS) is 1. The van der Waals surface area contributed by atoms with Gasteiger partial charge < -0.3 is 9.84 Å². The van der Waals surface area contributed by atoms with E-state index in [1.165, 1.54) is 4.90 Å². The highest BCUT2D eigenvalue weighted by atomic mass is 35.5. The molecule has 0 spiro atoms. The zero-order valence-corrected chi connectivity index (χ0v) is 21.8. The Bertz CT molecular complexity index is 1090. The number of nitrogens with zero attached hydrogens (tertiary/aromatic N) is 1. The monoisotopic (exact) mass is 529 g/mol. The molecule has 35 heavy (non-hydrogen) atoms. The van der Waals surface area contributed by atoms with Gasteiger partial charge in [-0.2, -0.15) is 0 Å². The number of hydrogen-bond acceptors (Lipinski definition) is 4. The number of rotatable bonds is 12. The van der Waals surface area contributed by atoms with Gasteiger partial charge in [0.15, 0.2) is 0 Å². The summed E-state index contributed by atoms with van der Waals surface area (Å²) in [5.74, 6) is -1.03. The summed E-state index contributed by atoms with van der Waals surface area (Å²) in [5, 5.41) is 9.96. The first-order chi connectivity index (χ1) is 16.9. The van der Waals surface area contributed by atoms with Crippen LogP contribution in [0.1, 0.15) is 23.1 Å². The molecular weight excluding hydrogens is 501 g/mol. The highest BCUT2D eigenvalue weighted by molar-refractivity contribution is 8.13. The van der Waals surface area contributed by atoms with Crippen molar-refractivity contribution in [3.63, 3.8) is 0 Å². The van der Waals surface area contributed by atoms with Crippen LogP contribution in [0.3, 0.4) is 0 Å². The van der Waals surface area contributed by atoms with Gasteiger partial charge in [-0.25, -0.2) is 9.59 Å². The minimum Gasteiger partial charge on any atom is -0.480 e. The Kier molecular flexibility index (Phi) is 10.3. The van der Waals surface area contributed by atoms with Crippen molar-refractivity contribution in [2.24, 2.45) is 0 Å². The van der Waals surface area contributed by atoms with Crippen molar-refractivity contribution < 1.29 is 19.4 Å². The molecule has 1 N–H and O–H groups in total. The first kappa shape index (κ1) is 26.9. The van der Waals surface area contributed by atoms with Crippen molar-refractivity contribution in [3.8, 4) is 0 Å². The van der Waals surface area contributed by atoms with Crippen LogP contribution in [-0.2, 0) is 40.3 Å². The Balaban J connectivity index is 1.91. The van der Waals surface area contributed by atoms with Crippen LogP contribution in [0.2, 0.25) is 0 Å². The van der Waals surface area contributed by atoms with Gasteiger partial charge in [0.1, 0.15) is 12.6 Å². The molecule has 0 heterocycles. The molecule has 0 aliphatic heterocycles. The summed E-state index contributed by atoms with van der Waals surface area (Å²) >= 11 is 12.2. The molecule has 8 heteroatoms. The van der Waals surface area contributed by atoms with E-state index in [2.05, 4.69) is 0 Å². The predicted octanol–water partition coefficient (Wildman–Crippen LogP) is 6.54. The lowest BCUT2D eigenvalue weighted by Crippen LogP contribution is -2.46. The Morgan fingerprint density at radius 3 is 1.74 bits per heavy atom. The third-order valence-corrected chi connectivity index (χ3v) is 9.56. The molecule has 3 aromatic rings. The first-order valence-corrected chi connectivity index (χ1v) is 15.2. The molecular formula is C27H29ClNO4PS. The van der Waals surface area contributed by atoms with Crippen LogP contribution in [0.5, 0.6) is 0 Å².